The van der Waals surface area contributed by atoms with Gasteiger partial charge in [-0.3, -0.25) is 0 Å². The average molecular weight is 111 g/mol. The molecule has 0 heterocycles. The molecule has 0 aliphatic rings. The van der Waals surface area contributed by atoms with E-state index in [-0.39, 0.29) is 24.0 Å². The monoisotopic (exact) mass is 111 g/mol. The Labute approximate surface area is 39.3 Å². The van der Waals surface area contributed by atoms with Crippen LogP contribution in [0.5, 0.6) is 0 Å². The van der Waals surface area contributed by atoms with Gasteiger partial charge in [0.05, 0.1) is 0 Å². The first kappa shape index (κ1) is 23.7. The van der Waals surface area contributed by atoms with E-state index in [1.807, 2.05) is 0 Å². The van der Waals surface area contributed by atoms with Crippen molar-refractivity contribution < 1.29 is 28.5 Å². The Balaban J connectivity index is -0.00000000500. The number of hydrogen-bond acceptors (Lipinski definition) is 1. The van der Waals surface area contributed by atoms with E-state index >= 15 is 0 Å². The minimum absolute atomic E-state index is 0. The first-order valence-corrected chi connectivity index (χ1v) is 0.612. The number of rotatable bonds is 0. The van der Waals surface area contributed by atoms with Crippen molar-refractivity contribution in [3.05, 3.63) is 0 Å². The molecule has 2 nitrogen and oxygen atoms in total. The third-order valence-corrected chi connectivity index (χ3v) is 0. The van der Waals surface area contributed by atoms with Gasteiger partial charge < -0.3 is 5.48 Å². The molecule has 0 atom stereocenters. The molecule has 0 unspecified atom stereocenters. The Bertz CT molecular complexity index is 6.00. The summed E-state index contributed by atoms with van der Waals surface area (Å²) in [6.45, 7) is 0. The fourth-order valence-electron chi connectivity index (χ4n) is 0. The molecule has 0 amide bonds. The van der Waals surface area contributed by atoms with Gasteiger partial charge in [-0.1, -0.05) is 0 Å². The van der Waals surface area contributed by atoms with Crippen molar-refractivity contribution >= 4 is 10.1 Å². The van der Waals surface area contributed by atoms with Crippen molar-refractivity contribution in [2.24, 2.45) is 0 Å². The molecule has 0 N–H and O–H groups in total. The van der Waals surface area contributed by atoms with E-state index < -0.39 is 0 Å². The molecule has 0 aromatic carbocycles. The van der Waals surface area contributed by atoms with E-state index in [9.17, 15) is 0 Å². The van der Waals surface area contributed by atoms with Gasteiger partial charge in [0.2, 0.25) is 0 Å². The molecular weight excluding hydrogens is 111 g/mol. The van der Waals surface area contributed by atoms with Crippen molar-refractivity contribution in [2.45, 2.75) is 0 Å². The molecule has 0 aromatic heterocycles. The predicted octanol–water partition coefficient (Wildman–Crippen LogP) is -0.621. The van der Waals surface area contributed by atoms with Crippen LogP contribution in [0, 0.1) is 0 Å². The normalized spacial score (nSPS) is 1.50. The van der Waals surface area contributed by atoms with Gasteiger partial charge in [-0.15, -0.1) is 0 Å². The van der Waals surface area contributed by atoms with E-state index in [0.717, 1.165) is 0 Å². The van der Waals surface area contributed by atoms with Gasteiger partial charge in [0, 0.05) is 18.6 Å². The third kappa shape index (κ3) is 19.8. The van der Waals surface area contributed by atoms with Crippen molar-refractivity contribution in [1.82, 2.24) is 0 Å². The van der Waals surface area contributed by atoms with Crippen LogP contribution in [0.4, 0.5) is 0 Å². The van der Waals surface area contributed by atoms with E-state index in [2.05, 4.69) is 0 Å². The second-order valence-electron chi connectivity index (χ2n) is 0. The first-order valence-electron chi connectivity index (χ1n) is 0.204. The molecule has 1 radical (unpaired) electrons. The maximum atomic E-state index is 8.06. The smallest absolute Gasteiger partial charge is 0 e. The molecule has 0 saturated heterocycles. The Morgan fingerprint density at radius 1 is 1.25 bits per heavy atom. The van der Waals surface area contributed by atoms with Crippen molar-refractivity contribution in [3.63, 3.8) is 0 Å². The van der Waals surface area contributed by atoms with Crippen LogP contribution in [-0.2, 0) is 28.5 Å². The van der Waals surface area contributed by atoms with Crippen LogP contribution in [0.1, 0.15) is 0 Å². The summed E-state index contributed by atoms with van der Waals surface area (Å²) in [5.41, 5.74) is 0. The summed E-state index contributed by atoms with van der Waals surface area (Å²) in [6.07, 6.45) is 0. The fourth-order valence-corrected chi connectivity index (χ4v) is 0. The standard InChI is InChI=1S/OSi.O.V/c1-2;;/q+2;-2;. The molecule has 21 valence electrons. The summed E-state index contributed by atoms with van der Waals surface area (Å²) in [5.74, 6) is 0. The number of hydrogen-bond donors (Lipinski definition) is 0. The zero-order valence-electron chi connectivity index (χ0n) is 1.76. The summed E-state index contributed by atoms with van der Waals surface area (Å²) in [4.78, 5) is 0. The predicted molar refractivity (Wildman–Crippen MR) is 7.13 cm³/mol. The second kappa shape index (κ2) is 74.2. The minimum Gasteiger partial charge on any atom is -2.00 e. The molecule has 0 saturated carbocycles. The Morgan fingerprint density at radius 3 is 1.25 bits per heavy atom. The van der Waals surface area contributed by atoms with Gasteiger partial charge in [0.25, 0.3) is 0 Å². The molecule has 4 heteroatoms. The zero-order chi connectivity index (χ0) is 2.00. The van der Waals surface area contributed by atoms with E-state index in [1.165, 1.54) is 0 Å². The van der Waals surface area contributed by atoms with Gasteiger partial charge in [-0.25, -0.2) is 0 Å². The van der Waals surface area contributed by atoms with Crippen LogP contribution in [0.3, 0.4) is 0 Å². The van der Waals surface area contributed by atoms with Crippen molar-refractivity contribution in [1.29, 1.82) is 0 Å². The van der Waals surface area contributed by atoms with Crippen molar-refractivity contribution in [2.75, 3.05) is 0 Å². The fraction of sp³-hybridized carbons (Fsp3) is 0. The maximum absolute atomic E-state index is 8.06. The van der Waals surface area contributed by atoms with Gasteiger partial charge in [0.1, 0.15) is 0 Å². The Morgan fingerprint density at radius 2 is 1.25 bits per heavy atom. The van der Waals surface area contributed by atoms with Crippen molar-refractivity contribution in [3.8, 4) is 0 Å². The van der Waals surface area contributed by atoms with E-state index in [0.29, 0.717) is 0 Å². The Hall–Kier alpha value is 0.561. The Kier molecular flexibility index (Phi) is 440. The molecule has 0 aliphatic heterocycles. The van der Waals surface area contributed by atoms with E-state index in [4.69, 9.17) is 4.46 Å². The summed E-state index contributed by atoms with van der Waals surface area (Å²) in [7, 11) is 1.72. The topological polar surface area (TPSA) is 45.6 Å². The van der Waals surface area contributed by atoms with Gasteiger partial charge >= 0.3 is 14.6 Å². The SMILES string of the molecule is O=[Si+2].[O-2].[V]. The average Bonchev–Trinajstić information content (AvgIpc) is 1.00. The van der Waals surface area contributed by atoms with Gasteiger partial charge in [0.15, 0.2) is 0 Å². The van der Waals surface area contributed by atoms with Crippen LogP contribution in [-0.4, -0.2) is 10.1 Å². The summed E-state index contributed by atoms with van der Waals surface area (Å²) < 4.78 is 8.06. The first-order chi connectivity index (χ1) is 1.00. The minimum atomic E-state index is 0. The van der Waals surface area contributed by atoms with Gasteiger partial charge in [-0.2, -0.15) is 0 Å². The van der Waals surface area contributed by atoms with Crippen LogP contribution in [0.15, 0.2) is 0 Å². The van der Waals surface area contributed by atoms with Crippen LogP contribution < -0.4 is 0 Å². The molecular formula is O2SiV. The van der Waals surface area contributed by atoms with Crippen LogP contribution in [0.25, 0.3) is 0 Å². The second-order valence-corrected chi connectivity index (χ2v) is 0. The van der Waals surface area contributed by atoms with Crippen LogP contribution >= 0.6 is 0 Å². The van der Waals surface area contributed by atoms with Crippen LogP contribution in [0.2, 0.25) is 0 Å². The summed E-state index contributed by atoms with van der Waals surface area (Å²) in [6, 6.07) is 0. The summed E-state index contributed by atoms with van der Waals surface area (Å²) in [5, 5.41) is 0. The third-order valence-electron chi connectivity index (χ3n) is 0. The molecule has 0 fully saturated rings. The maximum Gasteiger partial charge on any atom is 0 e. The van der Waals surface area contributed by atoms with E-state index in [1.54, 1.807) is 10.1 Å². The summed E-state index contributed by atoms with van der Waals surface area (Å²) >= 11 is 0. The molecule has 0 rings (SSSR count). The van der Waals surface area contributed by atoms with Gasteiger partial charge in [-0.05, 0) is 0 Å². The molecule has 4 heavy (non-hydrogen) atoms. The molecule has 0 bridgehead atoms. The molecule has 0 spiro atoms. The molecule has 0 aromatic rings. The largest absolute Gasteiger partial charge is 2.00 e. The molecule has 0 aliphatic carbocycles. The quantitative estimate of drug-likeness (QED) is 0.384. The zero-order valence-corrected chi connectivity index (χ0v) is 4.16.